The number of amides is 2. The van der Waals surface area contributed by atoms with Crippen molar-refractivity contribution in [2.24, 2.45) is 0 Å². The molecule has 0 aromatic heterocycles. The Kier molecular flexibility index (Phi) is 4.64. The van der Waals surface area contributed by atoms with Crippen molar-refractivity contribution >= 4 is 33.4 Å². The molecule has 2 saturated heterocycles. The van der Waals surface area contributed by atoms with Crippen molar-refractivity contribution in [3.63, 3.8) is 0 Å². The van der Waals surface area contributed by atoms with E-state index in [9.17, 15) is 9.59 Å². The predicted molar refractivity (Wildman–Crippen MR) is 89.7 cm³/mol. The van der Waals surface area contributed by atoms with Crippen LogP contribution in [0, 0.1) is 0 Å². The number of hydrogen-bond donors (Lipinski definition) is 0. The molecule has 1 aromatic carbocycles. The van der Waals surface area contributed by atoms with Crippen LogP contribution in [-0.2, 0) is 9.59 Å². The van der Waals surface area contributed by atoms with Gasteiger partial charge in [-0.05, 0) is 50.1 Å². The molecule has 0 radical (unpaired) electrons. The number of hydrogen-bond acceptors (Lipinski definition) is 3. The summed E-state index contributed by atoms with van der Waals surface area (Å²) >= 11 is 3.38. The standard InChI is InChI=1S/C17H21BrN2O2/c1-2-13-5-3-4-10-19(13)15-11-16(21)20(17(15)22)14-8-6-12(18)7-9-14/h6-9,13,15H,2-5,10-11H2,1H3/t13-,15-/m0/s1. The van der Waals surface area contributed by atoms with Crippen LogP contribution in [0.1, 0.15) is 39.0 Å². The topological polar surface area (TPSA) is 40.6 Å². The van der Waals surface area contributed by atoms with Crippen LogP contribution in [0.25, 0.3) is 0 Å². The Morgan fingerprint density at radius 1 is 1.18 bits per heavy atom. The Morgan fingerprint density at radius 2 is 1.91 bits per heavy atom. The van der Waals surface area contributed by atoms with Gasteiger partial charge in [-0.2, -0.15) is 0 Å². The molecule has 0 bridgehead atoms. The van der Waals surface area contributed by atoms with Crippen LogP contribution in [0.2, 0.25) is 0 Å². The van der Waals surface area contributed by atoms with E-state index in [0.717, 1.165) is 30.3 Å². The van der Waals surface area contributed by atoms with Gasteiger partial charge in [0.25, 0.3) is 5.91 Å². The molecule has 2 heterocycles. The summed E-state index contributed by atoms with van der Waals surface area (Å²) in [4.78, 5) is 28.8. The summed E-state index contributed by atoms with van der Waals surface area (Å²) in [5.41, 5.74) is 0.672. The Hall–Kier alpha value is -1.20. The smallest absolute Gasteiger partial charge is 0.251 e. The lowest BCUT2D eigenvalue weighted by Crippen LogP contribution is -2.49. The van der Waals surface area contributed by atoms with Crippen LogP contribution in [0.3, 0.4) is 0 Å². The molecule has 22 heavy (non-hydrogen) atoms. The highest BCUT2D eigenvalue weighted by Crippen LogP contribution is 2.31. The molecule has 1 aromatic rings. The molecule has 0 aliphatic carbocycles. The van der Waals surface area contributed by atoms with Gasteiger partial charge >= 0.3 is 0 Å². The van der Waals surface area contributed by atoms with Gasteiger partial charge in [-0.3, -0.25) is 14.5 Å². The average molecular weight is 365 g/mol. The number of carbonyl (C=O) groups is 2. The maximum Gasteiger partial charge on any atom is 0.251 e. The summed E-state index contributed by atoms with van der Waals surface area (Å²) in [6.45, 7) is 3.09. The molecule has 2 fully saturated rings. The summed E-state index contributed by atoms with van der Waals surface area (Å²) in [5.74, 6) is -0.148. The number of nitrogens with zero attached hydrogens (tertiary/aromatic N) is 2. The lowest BCUT2D eigenvalue weighted by molar-refractivity contribution is -0.123. The van der Waals surface area contributed by atoms with Crippen molar-refractivity contribution in [3.05, 3.63) is 28.7 Å². The Morgan fingerprint density at radius 3 is 2.59 bits per heavy atom. The first kappa shape index (κ1) is 15.7. The van der Waals surface area contributed by atoms with Crippen LogP contribution in [0.5, 0.6) is 0 Å². The van der Waals surface area contributed by atoms with Crippen molar-refractivity contribution in [1.29, 1.82) is 0 Å². The van der Waals surface area contributed by atoms with Crippen LogP contribution in [0.4, 0.5) is 5.69 Å². The van der Waals surface area contributed by atoms with Gasteiger partial charge in [-0.25, -0.2) is 4.90 Å². The number of imide groups is 1. The summed E-state index contributed by atoms with van der Waals surface area (Å²) in [7, 11) is 0. The normalized spacial score (nSPS) is 26.7. The molecule has 2 aliphatic heterocycles. The quantitative estimate of drug-likeness (QED) is 0.772. The highest BCUT2D eigenvalue weighted by molar-refractivity contribution is 9.10. The summed E-state index contributed by atoms with van der Waals surface area (Å²) in [5, 5.41) is 0. The van der Waals surface area contributed by atoms with Crippen molar-refractivity contribution in [1.82, 2.24) is 4.90 Å². The van der Waals surface area contributed by atoms with E-state index in [4.69, 9.17) is 0 Å². The van der Waals surface area contributed by atoms with Crippen molar-refractivity contribution in [3.8, 4) is 0 Å². The lowest BCUT2D eigenvalue weighted by atomic mass is 9.97. The minimum Gasteiger partial charge on any atom is -0.289 e. The van der Waals surface area contributed by atoms with Gasteiger partial charge in [0.05, 0.1) is 18.2 Å². The van der Waals surface area contributed by atoms with E-state index < -0.39 is 0 Å². The summed E-state index contributed by atoms with van der Waals surface area (Å²) in [6.07, 6.45) is 4.82. The van der Waals surface area contributed by atoms with Crippen LogP contribution in [0.15, 0.2) is 28.7 Å². The minimum atomic E-state index is -0.276. The fourth-order valence-corrected chi connectivity index (χ4v) is 3.87. The zero-order valence-corrected chi connectivity index (χ0v) is 14.4. The summed E-state index contributed by atoms with van der Waals surface area (Å²) < 4.78 is 0.939. The largest absolute Gasteiger partial charge is 0.289 e. The zero-order chi connectivity index (χ0) is 15.7. The Bertz CT molecular complexity index is 573. The van der Waals surface area contributed by atoms with Crippen LogP contribution in [-0.4, -0.2) is 35.3 Å². The molecule has 4 nitrogen and oxygen atoms in total. The molecular formula is C17H21BrN2O2. The first-order chi connectivity index (χ1) is 10.6. The van der Waals surface area contributed by atoms with Gasteiger partial charge in [-0.1, -0.05) is 29.3 Å². The molecule has 2 amide bonds. The lowest BCUT2D eigenvalue weighted by Gasteiger charge is -2.38. The van der Waals surface area contributed by atoms with Gasteiger partial charge < -0.3 is 0 Å². The molecule has 118 valence electrons. The van der Waals surface area contributed by atoms with E-state index in [1.807, 2.05) is 24.3 Å². The van der Waals surface area contributed by atoms with E-state index >= 15 is 0 Å². The fraction of sp³-hybridized carbons (Fsp3) is 0.529. The number of piperidine rings is 1. The number of carbonyl (C=O) groups excluding carboxylic acids is 2. The van der Waals surface area contributed by atoms with Gasteiger partial charge in [0.2, 0.25) is 5.91 Å². The maximum absolute atomic E-state index is 12.8. The third-order valence-electron chi connectivity index (χ3n) is 4.75. The van der Waals surface area contributed by atoms with Crippen LogP contribution >= 0.6 is 15.9 Å². The van der Waals surface area contributed by atoms with Crippen molar-refractivity contribution < 1.29 is 9.59 Å². The van der Waals surface area contributed by atoms with Crippen molar-refractivity contribution in [2.75, 3.05) is 11.4 Å². The molecular weight excluding hydrogens is 344 g/mol. The second-order valence-corrected chi connectivity index (χ2v) is 6.98. The highest BCUT2D eigenvalue weighted by atomic mass is 79.9. The van der Waals surface area contributed by atoms with E-state index in [1.54, 1.807) is 0 Å². The van der Waals surface area contributed by atoms with E-state index in [2.05, 4.69) is 27.8 Å². The maximum atomic E-state index is 12.8. The second-order valence-electron chi connectivity index (χ2n) is 6.06. The van der Waals surface area contributed by atoms with E-state index in [1.165, 1.54) is 11.3 Å². The third kappa shape index (κ3) is 2.84. The van der Waals surface area contributed by atoms with Gasteiger partial charge in [0.1, 0.15) is 0 Å². The van der Waals surface area contributed by atoms with Gasteiger partial charge in [0.15, 0.2) is 0 Å². The highest BCUT2D eigenvalue weighted by Gasteiger charge is 2.44. The van der Waals surface area contributed by atoms with Gasteiger partial charge in [0, 0.05) is 10.5 Å². The molecule has 0 spiro atoms. The number of likely N-dealkylation sites (tertiary alicyclic amines) is 1. The molecule has 0 saturated carbocycles. The van der Waals surface area contributed by atoms with Crippen LogP contribution < -0.4 is 4.90 Å². The molecule has 3 rings (SSSR count). The molecule has 0 unspecified atom stereocenters. The molecule has 0 N–H and O–H groups in total. The fourth-order valence-electron chi connectivity index (χ4n) is 3.61. The summed E-state index contributed by atoms with van der Waals surface area (Å²) in [6, 6.07) is 7.51. The first-order valence-corrected chi connectivity index (χ1v) is 8.79. The minimum absolute atomic E-state index is 0.0623. The van der Waals surface area contributed by atoms with Crippen molar-refractivity contribution in [2.45, 2.75) is 51.1 Å². The average Bonchev–Trinajstić information content (AvgIpc) is 2.83. The Balaban J connectivity index is 1.83. The number of rotatable bonds is 3. The zero-order valence-electron chi connectivity index (χ0n) is 12.8. The monoisotopic (exact) mass is 364 g/mol. The van der Waals surface area contributed by atoms with Gasteiger partial charge in [-0.15, -0.1) is 0 Å². The second kappa shape index (κ2) is 6.50. The molecule has 2 aliphatic rings. The number of anilines is 1. The van der Waals surface area contributed by atoms with E-state index in [0.29, 0.717) is 18.2 Å². The Labute approximate surface area is 139 Å². The number of benzene rings is 1. The third-order valence-corrected chi connectivity index (χ3v) is 5.28. The SMILES string of the molecule is CC[C@H]1CCCCN1[C@H]1CC(=O)N(c2ccc(Br)cc2)C1=O. The first-order valence-electron chi connectivity index (χ1n) is 8.00. The molecule has 5 heteroatoms. The predicted octanol–water partition coefficient (Wildman–Crippen LogP) is 3.35. The van der Waals surface area contributed by atoms with E-state index in [-0.39, 0.29) is 17.9 Å². The number of halogens is 1. The molecule has 2 atom stereocenters.